The molecule has 0 fully saturated rings. The van der Waals surface area contributed by atoms with Crippen LogP contribution in [0.25, 0.3) is 0 Å². The van der Waals surface area contributed by atoms with Crippen molar-refractivity contribution in [3.8, 4) is 0 Å². The van der Waals surface area contributed by atoms with E-state index in [9.17, 15) is 25.2 Å². The fraction of sp³-hybridized carbons (Fsp3) is 0. The van der Waals surface area contributed by atoms with Gasteiger partial charge >= 0.3 is 187 Å². The van der Waals surface area contributed by atoms with Crippen LogP contribution < -0.4 is 14.0 Å². The van der Waals surface area contributed by atoms with Gasteiger partial charge < -0.3 is 0 Å². The van der Waals surface area contributed by atoms with E-state index < -0.39 is 26.6 Å². The Kier molecular flexibility index (Phi) is 6.52. The van der Waals surface area contributed by atoms with Gasteiger partial charge in [0.1, 0.15) is 0 Å². The van der Waals surface area contributed by atoms with Crippen molar-refractivity contribution >= 4 is 40.7 Å². The summed E-state index contributed by atoms with van der Waals surface area (Å²) < 4.78 is 65.1. The minimum absolute atomic E-state index is 1.48. The molecule has 0 saturated heterocycles. The fourth-order valence-electron chi connectivity index (χ4n) is 3.50. The molecule has 168 valence electrons. The molecule has 4 aromatic carbocycles. The van der Waals surface area contributed by atoms with Gasteiger partial charge in [-0.1, -0.05) is 0 Å². The molecule has 8 heteroatoms. The standard InChI is InChI=1S/4C6H5.F6P.Sb/c4*1-2-4-6-5-3-1;1-7(2,3,4,5)6;/h4*1-5H;;/q;;;;-1;+1. The summed E-state index contributed by atoms with van der Waals surface area (Å²) in [5.74, 6) is 0. The van der Waals surface area contributed by atoms with Gasteiger partial charge in [0, 0.05) is 0 Å². The van der Waals surface area contributed by atoms with Crippen LogP contribution in [0.2, 0.25) is 0 Å². The summed E-state index contributed by atoms with van der Waals surface area (Å²) in [6, 6.07) is 44.4. The van der Waals surface area contributed by atoms with Gasteiger partial charge in [0.2, 0.25) is 0 Å². The van der Waals surface area contributed by atoms with Crippen molar-refractivity contribution in [2.24, 2.45) is 0 Å². The summed E-state index contributed by atoms with van der Waals surface area (Å²) in [6.45, 7) is 0. The number of benzene rings is 4. The van der Waals surface area contributed by atoms with Crippen molar-refractivity contribution in [2.45, 2.75) is 0 Å². The maximum atomic E-state index is 9.87. The Morgan fingerprint density at radius 2 is 0.500 bits per heavy atom. The predicted octanol–water partition coefficient (Wildman–Crippen LogP) is 6.45. The molecule has 4 rings (SSSR count). The normalized spacial score (nSPS) is 13.8. The average molecular weight is 575 g/mol. The first-order valence-corrected chi connectivity index (χ1v) is 16.7. The van der Waals surface area contributed by atoms with Crippen molar-refractivity contribution in [1.82, 2.24) is 0 Å². The first-order chi connectivity index (χ1) is 14.9. The Labute approximate surface area is 186 Å². The minimum atomic E-state index is -10.7. The van der Waals surface area contributed by atoms with Gasteiger partial charge in [-0.2, -0.15) is 0 Å². The molecule has 0 radical (unpaired) electrons. The summed E-state index contributed by atoms with van der Waals surface area (Å²) in [6.07, 6.45) is 0. The quantitative estimate of drug-likeness (QED) is 0.149. The van der Waals surface area contributed by atoms with E-state index in [0.29, 0.717) is 0 Å². The van der Waals surface area contributed by atoms with E-state index in [1.54, 1.807) is 0 Å². The van der Waals surface area contributed by atoms with E-state index in [1.807, 2.05) is 0 Å². The summed E-state index contributed by atoms with van der Waals surface area (Å²) in [5, 5.41) is 0. The third-order valence-corrected chi connectivity index (χ3v) is 16.8. The molecular formula is C24H20F6PSb. The number of hydrogen-bond donors (Lipinski definition) is 0. The van der Waals surface area contributed by atoms with Crippen LogP contribution in [-0.2, 0) is 0 Å². The van der Waals surface area contributed by atoms with Crippen LogP contribution in [0.5, 0.6) is 0 Å². The van der Waals surface area contributed by atoms with Gasteiger partial charge in [-0.25, -0.2) is 0 Å². The molecule has 0 spiro atoms. The first kappa shape index (κ1) is 24.4. The second kappa shape index (κ2) is 8.57. The van der Waals surface area contributed by atoms with Gasteiger partial charge in [0.15, 0.2) is 0 Å². The Hall–Kier alpha value is -2.29. The zero-order chi connectivity index (χ0) is 23.4. The van der Waals surface area contributed by atoms with E-state index in [4.69, 9.17) is 0 Å². The Bertz CT molecular complexity index is 960. The van der Waals surface area contributed by atoms with Crippen LogP contribution in [0.15, 0.2) is 121 Å². The average Bonchev–Trinajstić information content (AvgIpc) is 2.75. The molecule has 0 N–H and O–H groups in total. The molecule has 0 aliphatic carbocycles. The Balaban J connectivity index is 0.000000360. The Morgan fingerprint density at radius 1 is 0.344 bits per heavy atom. The van der Waals surface area contributed by atoms with Gasteiger partial charge in [0.05, 0.1) is 0 Å². The number of halogens is 6. The van der Waals surface area contributed by atoms with Crippen LogP contribution in [0.3, 0.4) is 0 Å². The SMILES string of the molecule is F[P-](F)(F)(F)(F)F.c1cc[c]([Sb+]([c]2ccccc2)([c]2ccccc2)[c]2ccccc2)cc1. The van der Waals surface area contributed by atoms with Crippen LogP contribution >= 0.6 is 7.81 Å². The third kappa shape index (κ3) is 6.85. The maximum absolute atomic E-state index is 10.7. The van der Waals surface area contributed by atoms with Crippen molar-refractivity contribution in [2.75, 3.05) is 0 Å². The van der Waals surface area contributed by atoms with E-state index in [0.717, 1.165) is 0 Å². The van der Waals surface area contributed by atoms with Crippen LogP contribution in [0, 0.1) is 0 Å². The first-order valence-electron chi connectivity index (χ1n) is 9.55. The molecule has 0 aromatic heterocycles. The third-order valence-electron chi connectivity index (χ3n) is 4.57. The monoisotopic (exact) mass is 574 g/mol. The van der Waals surface area contributed by atoms with Crippen LogP contribution in [-0.4, -0.2) is 18.8 Å². The molecule has 32 heavy (non-hydrogen) atoms. The molecule has 0 aliphatic rings. The molecule has 0 nitrogen and oxygen atoms in total. The summed E-state index contributed by atoms with van der Waals surface area (Å²) in [7, 11) is -10.7. The zero-order valence-electron chi connectivity index (χ0n) is 16.7. The van der Waals surface area contributed by atoms with E-state index >= 15 is 0 Å². The van der Waals surface area contributed by atoms with Crippen molar-refractivity contribution in [3.63, 3.8) is 0 Å². The Morgan fingerprint density at radius 3 is 0.656 bits per heavy atom. The molecule has 0 aliphatic heterocycles. The predicted molar refractivity (Wildman–Crippen MR) is 124 cm³/mol. The fourth-order valence-corrected chi connectivity index (χ4v) is 15.7. The second-order valence-electron chi connectivity index (χ2n) is 6.97. The molecule has 0 unspecified atom stereocenters. The molecule has 0 saturated carbocycles. The van der Waals surface area contributed by atoms with E-state index in [2.05, 4.69) is 121 Å². The van der Waals surface area contributed by atoms with Crippen LogP contribution in [0.4, 0.5) is 25.2 Å². The zero-order valence-corrected chi connectivity index (χ0v) is 20.2. The summed E-state index contributed by atoms with van der Waals surface area (Å²) in [4.78, 5) is 0. The number of rotatable bonds is 4. The van der Waals surface area contributed by atoms with Crippen molar-refractivity contribution in [1.29, 1.82) is 0 Å². The van der Waals surface area contributed by atoms with E-state index in [-0.39, 0.29) is 0 Å². The van der Waals surface area contributed by atoms with Crippen molar-refractivity contribution in [3.05, 3.63) is 121 Å². The number of hydrogen-bond acceptors (Lipinski definition) is 0. The summed E-state index contributed by atoms with van der Waals surface area (Å²) >= 11 is -3.17. The molecule has 0 atom stereocenters. The molecule has 0 heterocycles. The van der Waals surface area contributed by atoms with Crippen LogP contribution in [0.1, 0.15) is 0 Å². The second-order valence-corrected chi connectivity index (χ2v) is 18.6. The van der Waals surface area contributed by atoms with Gasteiger partial charge in [-0.3, -0.25) is 0 Å². The van der Waals surface area contributed by atoms with Gasteiger partial charge in [-0.15, -0.1) is 0 Å². The molecule has 0 amide bonds. The topological polar surface area (TPSA) is 0 Å². The van der Waals surface area contributed by atoms with Gasteiger partial charge in [-0.05, 0) is 0 Å². The van der Waals surface area contributed by atoms with E-state index in [1.165, 1.54) is 14.0 Å². The molecular weight excluding hydrogens is 555 g/mol. The molecule has 0 bridgehead atoms. The van der Waals surface area contributed by atoms with Gasteiger partial charge in [0.25, 0.3) is 0 Å². The summed E-state index contributed by atoms with van der Waals surface area (Å²) in [5.41, 5.74) is 0. The van der Waals surface area contributed by atoms with Crippen molar-refractivity contribution < 1.29 is 25.2 Å². The molecule has 4 aromatic rings.